The molecule has 1 aromatic carbocycles. The van der Waals surface area contributed by atoms with Crippen LogP contribution in [0.5, 0.6) is 5.75 Å². The van der Waals surface area contributed by atoms with Gasteiger partial charge in [0.1, 0.15) is 0 Å². The Bertz CT molecular complexity index is 374. The summed E-state index contributed by atoms with van der Waals surface area (Å²) in [7, 11) is 0. The maximum atomic E-state index is 13.2. The van der Waals surface area contributed by atoms with Crippen LogP contribution in [0.4, 0.5) is 4.39 Å². The summed E-state index contributed by atoms with van der Waals surface area (Å²) < 4.78 is 18.5. The van der Waals surface area contributed by atoms with Crippen molar-refractivity contribution in [2.24, 2.45) is 0 Å². The summed E-state index contributed by atoms with van der Waals surface area (Å²) >= 11 is 0. The van der Waals surface area contributed by atoms with E-state index >= 15 is 0 Å². The van der Waals surface area contributed by atoms with Crippen LogP contribution in [0.3, 0.4) is 0 Å². The van der Waals surface area contributed by atoms with Crippen molar-refractivity contribution in [3.05, 3.63) is 29.6 Å². The average Bonchev–Trinajstić information content (AvgIpc) is 2.48. The topological polar surface area (TPSA) is 26.3 Å². The lowest BCUT2D eigenvalue weighted by Crippen LogP contribution is -2.19. The fourth-order valence-corrected chi connectivity index (χ4v) is 1.64. The van der Waals surface area contributed by atoms with E-state index in [1.807, 2.05) is 6.92 Å². The van der Waals surface area contributed by atoms with Gasteiger partial charge in [-0.15, -0.1) is 0 Å². The molecule has 2 rings (SSSR count). The van der Waals surface area contributed by atoms with Gasteiger partial charge in [-0.2, -0.15) is 0 Å². The first-order chi connectivity index (χ1) is 6.74. The van der Waals surface area contributed by atoms with E-state index in [0.29, 0.717) is 12.0 Å². The van der Waals surface area contributed by atoms with Crippen molar-refractivity contribution in [2.75, 3.05) is 0 Å². The smallest absolute Gasteiger partial charge is 0.207 e. The number of hydrogen-bond donors (Lipinski definition) is 0. The van der Waals surface area contributed by atoms with E-state index in [4.69, 9.17) is 4.74 Å². The molecule has 0 radical (unpaired) electrons. The van der Waals surface area contributed by atoms with Gasteiger partial charge in [-0.1, -0.05) is 19.4 Å². The standard InChI is InChI=1S/C11H11FO2/c1-2-4-9-10(13)7-5-3-6-8(12)11(7)14-9/h3,5-6,9H,2,4H2,1H3. The minimum Gasteiger partial charge on any atom is -0.478 e. The third-order valence-corrected chi connectivity index (χ3v) is 2.34. The van der Waals surface area contributed by atoms with Crippen LogP contribution in [0.1, 0.15) is 30.1 Å². The second-order valence-corrected chi connectivity index (χ2v) is 3.38. The Morgan fingerprint density at radius 3 is 2.93 bits per heavy atom. The summed E-state index contributed by atoms with van der Waals surface area (Å²) in [5, 5.41) is 0. The first-order valence-electron chi connectivity index (χ1n) is 4.73. The number of ether oxygens (including phenoxy) is 1. The van der Waals surface area contributed by atoms with Crippen molar-refractivity contribution in [1.82, 2.24) is 0 Å². The van der Waals surface area contributed by atoms with Crippen molar-refractivity contribution < 1.29 is 13.9 Å². The number of ketones is 1. The number of benzene rings is 1. The Balaban J connectivity index is 2.35. The van der Waals surface area contributed by atoms with Gasteiger partial charge in [-0.3, -0.25) is 4.79 Å². The van der Waals surface area contributed by atoms with Crippen LogP contribution < -0.4 is 4.74 Å². The molecule has 0 aromatic heterocycles. The predicted octanol–water partition coefficient (Wildman–Crippen LogP) is 2.57. The third-order valence-electron chi connectivity index (χ3n) is 2.34. The number of hydrogen-bond acceptors (Lipinski definition) is 2. The molecule has 1 aliphatic heterocycles. The number of carbonyl (C=O) groups is 1. The fourth-order valence-electron chi connectivity index (χ4n) is 1.64. The van der Waals surface area contributed by atoms with Crippen LogP contribution in [0.2, 0.25) is 0 Å². The highest BCUT2D eigenvalue weighted by Gasteiger charge is 2.33. The summed E-state index contributed by atoms with van der Waals surface area (Å²) in [6, 6.07) is 4.45. The molecule has 0 fully saturated rings. The number of halogens is 1. The molecule has 1 unspecified atom stereocenters. The van der Waals surface area contributed by atoms with Gasteiger partial charge in [0.2, 0.25) is 5.78 Å². The Morgan fingerprint density at radius 1 is 1.50 bits per heavy atom. The molecule has 3 heteroatoms. The van der Waals surface area contributed by atoms with E-state index in [2.05, 4.69) is 0 Å². The largest absolute Gasteiger partial charge is 0.478 e. The van der Waals surface area contributed by atoms with Crippen molar-refractivity contribution in [3.8, 4) is 5.75 Å². The molecule has 1 aromatic rings. The molecule has 0 saturated carbocycles. The van der Waals surface area contributed by atoms with Gasteiger partial charge in [-0.05, 0) is 18.6 Å². The zero-order chi connectivity index (χ0) is 10.1. The first-order valence-corrected chi connectivity index (χ1v) is 4.73. The lowest BCUT2D eigenvalue weighted by atomic mass is 10.1. The zero-order valence-corrected chi connectivity index (χ0v) is 7.92. The maximum Gasteiger partial charge on any atom is 0.207 e. The second-order valence-electron chi connectivity index (χ2n) is 3.38. The second kappa shape index (κ2) is 3.40. The SMILES string of the molecule is CCCC1Oc2c(F)cccc2C1=O. The number of rotatable bonds is 2. The van der Waals surface area contributed by atoms with Crippen LogP contribution in [-0.2, 0) is 0 Å². The monoisotopic (exact) mass is 194 g/mol. The third kappa shape index (κ3) is 1.29. The Morgan fingerprint density at radius 2 is 2.29 bits per heavy atom. The molecule has 0 N–H and O–H groups in total. The van der Waals surface area contributed by atoms with Gasteiger partial charge in [-0.25, -0.2) is 4.39 Å². The predicted molar refractivity (Wildman–Crippen MR) is 50.1 cm³/mol. The van der Waals surface area contributed by atoms with E-state index in [1.165, 1.54) is 12.1 Å². The Kier molecular flexibility index (Phi) is 2.23. The molecule has 0 aliphatic carbocycles. The van der Waals surface area contributed by atoms with E-state index in [-0.39, 0.29) is 11.5 Å². The van der Waals surface area contributed by atoms with E-state index in [1.54, 1.807) is 6.07 Å². The summed E-state index contributed by atoms with van der Waals surface area (Å²) in [6.45, 7) is 1.97. The fraction of sp³-hybridized carbons (Fsp3) is 0.364. The van der Waals surface area contributed by atoms with Crippen LogP contribution in [0, 0.1) is 5.82 Å². The molecule has 74 valence electrons. The van der Waals surface area contributed by atoms with E-state index < -0.39 is 11.9 Å². The number of para-hydroxylation sites is 1. The first kappa shape index (κ1) is 9.19. The maximum absolute atomic E-state index is 13.2. The normalized spacial score (nSPS) is 19.3. The molecule has 14 heavy (non-hydrogen) atoms. The Labute approximate surface area is 81.7 Å². The van der Waals surface area contributed by atoms with Crippen LogP contribution in [0.15, 0.2) is 18.2 Å². The lowest BCUT2D eigenvalue weighted by Gasteiger charge is -2.06. The van der Waals surface area contributed by atoms with Crippen molar-refractivity contribution in [2.45, 2.75) is 25.9 Å². The molecule has 2 nitrogen and oxygen atoms in total. The van der Waals surface area contributed by atoms with Crippen molar-refractivity contribution in [3.63, 3.8) is 0 Å². The molecular formula is C11H11FO2. The summed E-state index contributed by atoms with van der Waals surface area (Å²) in [5.74, 6) is -0.424. The van der Waals surface area contributed by atoms with E-state index in [9.17, 15) is 9.18 Å². The molecule has 0 spiro atoms. The van der Waals surface area contributed by atoms with Crippen molar-refractivity contribution >= 4 is 5.78 Å². The van der Waals surface area contributed by atoms with Gasteiger partial charge in [0.25, 0.3) is 0 Å². The highest BCUT2D eigenvalue weighted by Crippen LogP contribution is 2.32. The quantitative estimate of drug-likeness (QED) is 0.723. The highest BCUT2D eigenvalue weighted by atomic mass is 19.1. The Hall–Kier alpha value is -1.38. The molecular weight excluding hydrogens is 183 g/mol. The minimum absolute atomic E-state index is 0.0960. The van der Waals surface area contributed by atoms with Crippen LogP contribution >= 0.6 is 0 Å². The summed E-state index contributed by atoms with van der Waals surface area (Å²) in [6.07, 6.45) is 1.02. The summed E-state index contributed by atoms with van der Waals surface area (Å²) in [5.41, 5.74) is 0.378. The van der Waals surface area contributed by atoms with Gasteiger partial charge >= 0.3 is 0 Å². The van der Waals surface area contributed by atoms with E-state index in [0.717, 1.165) is 6.42 Å². The number of carbonyl (C=O) groups excluding carboxylic acids is 1. The molecule has 1 heterocycles. The van der Waals surface area contributed by atoms with Crippen molar-refractivity contribution in [1.29, 1.82) is 0 Å². The molecule has 1 atom stereocenters. The minimum atomic E-state index is -0.480. The highest BCUT2D eigenvalue weighted by molar-refractivity contribution is 6.04. The molecule has 1 aliphatic rings. The van der Waals surface area contributed by atoms with Crippen LogP contribution in [0.25, 0.3) is 0 Å². The molecule has 0 amide bonds. The van der Waals surface area contributed by atoms with Gasteiger partial charge in [0.15, 0.2) is 17.7 Å². The number of fused-ring (bicyclic) bond motifs is 1. The van der Waals surface area contributed by atoms with Crippen LogP contribution in [-0.4, -0.2) is 11.9 Å². The van der Waals surface area contributed by atoms with Gasteiger partial charge in [0, 0.05) is 0 Å². The summed E-state index contributed by atoms with van der Waals surface area (Å²) in [4.78, 5) is 11.6. The average molecular weight is 194 g/mol. The molecule has 0 bridgehead atoms. The van der Waals surface area contributed by atoms with Gasteiger partial charge in [0.05, 0.1) is 5.56 Å². The number of Topliss-reactive ketones (excluding diaryl/α,β-unsaturated/α-hetero) is 1. The molecule has 0 saturated heterocycles. The zero-order valence-electron chi connectivity index (χ0n) is 7.92. The van der Waals surface area contributed by atoms with Gasteiger partial charge < -0.3 is 4.74 Å². The lowest BCUT2D eigenvalue weighted by molar-refractivity contribution is 0.0842.